The number of benzene rings is 1. The number of fused-ring (bicyclic) bond motifs is 1. The van der Waals surface area contributed by atoms with E-state index in [9.17, 15) is 14.4 Å². The van der Waals surface area contributed by atoms with Gasteiger partial charge in [0.25, 0.3) is 5.56 Å². The van der Waals surface area contributed by atoms with Crippen molar-refractivity contribution in [1.82, 2.24) is 24.4 Å². The zero-order valence-electron chi connectivity index (χ0n) is 16.0. The van der Waals surface area contributed by atoms with Crippen LogP contribution in [0.4, 0.5) is 10.5 Å². The molecule has 1 aliphatic heterocycles. The lowest BCUT2D eigenvalue weighted by Crippen LogP contribution is -2.50. The maximum absolute atomic E-state index is 12.9. The molecule has 0 atom stereocenters. The van der Waals surface area contributed by atoms with E-state index in [1.807, 2.05) is 12.1 Å². The standard InChI is InChI=1S/C18H20N6O5/c1-28-12-7-11(8-13(9-12)29-2)22-3-5-23(6-4-22)18(27)24-10-19-14-15(24)20-17(26)21-16(14)25/h7-10H,3-6H2,1-2H3,(H2,20,21,25,26). The second kappa shape index (κ2) is 7.34. The van der Waals surface area contributed by atoms with Gasteiger partial charge >= 0.3 is 11.7 Å². The van der Waals surface area contributed by atoms with Crippen molar-refractivity contribution >= 4 is 22.9 Å². The summed E-state index contributed by atoms with van der Waals surface area (Å²) in [5.74, 6) is 1.38. The van der Waals surface area contributed by atoms with Gasteiger partial charge in [-0.05, 0) is 0 Å². The number of hydrogen-bond donors (Lipinski definition) is 2. The van der Waals surface area contributed by atoms with Crippen LogP contribution in [0.1, 0.15) is 0 Å². The highest BCUT2D eigenvalue weighted by Gasteiger charge is 2.25. The van der Waals surface area contributed by atoms with E-state index >= 15 is 0 Å². The zero-order chi connectivity index (χ0) is 20.5. The Morgan fingerprint density at radius 2 is 1.66 bits per heavy atom. The predicted octanol–water partition coefficient (Wildman–Crippen LogP) is 0.220. The van der Waals surface area contributed by atoms with E-state index in [1.165, 1.54) is 10.9 Å². The Labute approximate surface area is 164 Å². The number of piperazine rings is 1. The topological polar surface area (TPSA) is 126 Å². The minimum atomic E-state index is -0.686. The first kappa shape index (κ1) is 18.6. The van der Waals surface area contributed by atoms with E-state index in [4.69, 9.17) is 9.47 Å². The van der Waals surface area contributed by atoms with Crippen molar-refractivity contribution in [3.63, 3.8) is 0 Å². The van der Waals surface area contributed by atoms with Gasteiger partial charge in [-0.2, -0.15) is 0 Å². The minimum absolute atomic E-state index is 0.0139. The van der Waals surface area contributed by atoms with Gasteiger partial charge in [-0.1, -0.05) is 0 Å². The molecule has 1 saturated heterocycles. The molecule has 0 unspecified atom stereocenters. The highest BCUT2D eigenvalue weighted by atomic mass is 16.5. The fraction of sp³-hybridized carbons (Fsp3) is 0.333. The summed E-state index contributed by atoms with van der Waals surface area (Å²) in [6.07, 6.45) is 1.25. The number of amides is 1. The molecule has 1 aromatic carbocycles. The van der Waals surface area contributed by atoms with Crippen LogP contribution in [0, 0.1) is 0 Å². The number of carbonyl (C=O) groups excluding carboxylic acids is 1. The molecule has 1 aliphatic rings. The molecule has 0 spiro atoms. The lowest BCUT2D eigenvalue weighted by atomic mass is 10.2. The van der Waals surface area contributed by atoms with Gasteiger partial charge in [-0.3, -0.25) is 14.8 Å². The summed E-state index contributed by atoms with van der Waals surface area (Å²) in [7, 11) is 3.19. The van der Waals surface area contributed by atoms with Gasteiger partial charge < -0.3 is 19.3 Å². The van der Waals surface area contributed by atoms with Crippen LogP contribution in [0.5, 0.6) is 11.5 Å². The number of methoxy groups -OCH3 is 2. The first-order valence-electron chi connectivity index (χ1n) is 8.97. The van der Waals surface area contributed by atoms with Gasteiger partial charge in [0.15, 0.2) is 11.2 Å². The van der Waals surface area contributed by atoms with Crippen LogP contribution < -0.4 is 25.6 Å². The van der Waals surface area contributed by atoms with Crippen molar-refractivity contribution in [3.8, 4) is 11.5 Å². The van der Waals surface area contributed by atoms with Crippen molar-refractivity contribution in [2.24, 2.45) is 0 Å². The van der Waals surface area contributed by atoms with Crippen LogP contribution in [0.2, 0.25) is 0 Å². The molecule has 11 heteroatoms. The van der Waals surface area contributed by atoms with E-state index < -0.39 is 11.2 Å². The number of carbonyl (C=O) groups is 1. The number of H-pyrrole nitrogens is 2. The summed E-state index contributed by atoms with van der Waals surface area (Å²) >= 11 is 0. The van der Waals surface area contributed by atoms with Gasteiger partial charge in [0.05, 0.1) is 14.2 Å². The number of aromatic amines is 2. The molecule has 2 N–H and O–H groups in total. The Hall–Kier alpha value is -3.76. The van der Waals surface area contributed by atoms with Crippen molar-refractivity contribution in [3.05, 3.63) is 45.4 Å². The summed E-state index contributed by atoms with van der Waals surface area (Å²) < 4.78 is 11.8. The van der Waals surface area contributed by atoms with Crippen molar-refractivity contribution < 1.29 is 14.3 Å². The first-order chi connectivity index (χ1) is 14.0. The lowest BCUT2D eigenvalue weighted by molar-refractivity contribution is 0.197. The van der Waals surface area contributed by atoms with Crippen LogP contribution in [-0.4, -0.2) is 70.8 Å². The van der Waals surface area contributed by atoms with Crippen molar-refractivity contribution in [2.45, 2.75) is 0 Å². The second-order valence-electron chi connectivity index (χ2n) is 6.55. The van der Waals surface area contributed by atoms with E-state index in [0.29, 0.717) is 37.7 Å². The molecule has 152 valence electrons. The Morgan fingerprint density at radius 3 is 2.28 bits per heavy atom. The Morgan fingerprint density at radius 1 is 1.00 bits per heavy atom. The van der Waals surface area contributed by atoms with Gasteiger partial charge in [0.2, 0.25) is 0 Å². The number of ether oxygens (including phenoxy) is 2. The van der Waals surface area contributed by atoms with E-state index in [-0.39, 0.29) is 17.2 Å². The predicted molar refractivity (Wildman–Crippen MR) is 105 cm³/mol. The number of imidazole rings is 1. The van der Waals surface area contributed by atoms with Crippen LogP contribution in [0.15, 0.2) is 34.1 Å². The number of hydrogen-bond acceptors (Lipinski definition) is 7. The van der Waals surface area contributed by atoms with Crippen LogP contribution in [-0.2, 0) is 0 Å². The molecule has 4 rings (SSSR count). The number of rotatable bonds is 3. The molecular formula is C18H20N6O5. The van der Waals surface area contributed by atoms with Gasteiger partial charge in [0.1, 0.15) is 17.8 Å². The Kier molecular flexibility index (Phi) is 4.71. The first-order valence-corrected chi connectivity index (χ1v) is 8.97. The number of aromatic nitrogens is 4. The summed E-state index contributed by atoms with van der Waals surface area (Å²) in [4.78, 5) is 48.5. The second-order valence-corrected chi connectivity index (χ2v) is 6.55. The van der Waals surface area contributed by atoms with Crippen LogP contribution in [0.25, 0.3) is 11.2 Å². The molecule has 1 fully saturated rings. The van der Waals surface area contributed by atoms with E-state index in [2.05, 4.69) is 19.9 Å². The smallest absolute Gasteiger partial charge is 0.331 e. The van der Waals surface area contributed by atoms with Crippen molar-refractivity contribution in [1.29, 1.82) is 0 Å². The van der Waals surface area contributed by atoms with E-state index in [0.717, 1.165) is 5.69 Å². The van der Waals surface area contributed by atoms with E-state index in [1.54, 1.807) is 25.2 Å². The molecule has 0 aliphatic carbocycles. The zero-order valence-corrected chi connectivity index (χ0v) is 16.0. The molecule has 2 aromatic heterocycles. The summed E-state index contributed by atoms with van der Waals surface area (Å²) in [5.41, 5.74) is -0.276. The number of anilines is 1. The Balaban J connectivity index is 1.52. The monoisotopic (exact) mass is 400 g/mol. The highest BCUT2D eigenvalue weighted by molar-refractivity contribution is 5.86. The average Bonchev–Trinajstić information content (AvgIpc) is 3.17. The molecule has 11 nitrogen and oxygen atoms in total. The quantitative estimate of drug-likeness (QED) is 0.644. The maximum atomic E-state index is 12.9. The number of nitrogens with zero attached hydrogens (tertiary/aromatic N) is 4. The molecule has 3 aromatic rings. The molecule has 0 radical (unpaired) electrons. The molecule has 0 saturated carbocycles. The summed E-state index contributed by atoms with van der Waals surface area (Å²) in [6, 6.07) is 5.29. The summed E-state index contributed by atoms with van der Waals surface area (Å²) in [5, 5.41) is 0. The van der Waals surface area contributed by atoms with Crippen LogP contribution in [0.3, 0.4) is 0 Å². The molecular weight excluding hydrogens is 380 g/mol. The van der Waals surface area contributed by atoms with Gasteiger partial charge in [-0.25, -0.2) is 19.1 Å². The fourth-order valence-electron chi connectivity index (χ4n) is 3.36. The average molecular weight is 400 g/mol. The molecule has 0 bridgehead atoms. The molecule has 29 heavy (non-hydrogen) atoms. The highest BCUT2D eigenvalue weighted by Crippen LogP contribution is 2.29. The number of nitrogens with one attached hydrogen (secondary N) is 2. The maximum Gasteiger partial charge on any atom is 0.331 e. The third-order valence-corrected chi connectivity index (χ3v) is 4.90. The largest absolute Gasteiger partial charge is 0.497 e. The third-order valence-electron chi connectivity index (χ3n) is 4.90. The van der Waals surface area contributed by atoms with Crippen molar-refractivity contribution in [2.75, 3.05) is 45.3 Å². The third kappa shape index (κ3) is 3.42. The lowest BCUT2D eigenvalue weighted by Gasteiger charge is -2.36. The minimum Gasteiger partial charge on any atom is -0.497 e. The fourth-order valence-corrected chi connectivity index (χ4v) is 3.36. The molecule has 3 heterocycles. The van der Waals surface area contributed by atoms with Crippen LogP contribution >= 0.6 is 0 Å². The van der Waals surface area contributed by atoms with Gasteiger partial charge in [-0.15, -0.1) is 0 Å². The Bertz CT molecular complexity index is 1150. The van der Waals surface area contributed by atoms with Gasteiger partial charge in [0, 0.05) is 50.1 Å². The normalized spacial score (nSPS) is 14.3. The SMILES string of the molecule is COc1cc(OC)cc(N2CCN(C(=O)n3cnc4c(=O)[nH]c(=O)[nH]c43)CC2)c1. The summed E-state index contributed by atoms with van der Waals surface area (Å²) in [6.45, 7) is 2.13. The molecule has 1 amide bonds.